The Bertz CT molecular complexity index is 834. The van der Waals surface area contributed by atoms with Crippen molar-refractivity contribution in [2.24, 2.45) is 5.92 Å². The number of sulfone groups is 1. The van der Waals surface area contributed by atoms with E-state index >= 15 is 0 Å². The van der Waals surface area contributed by atoms with Crippen LogP contribution in [0.25, 0.3) is 0 Å². The van der Waals surface area contributed by atoms with Gasteiger partial charge in [-0.3, -0.25) is 14.4 Å². The minimum atomic E-state index is -3.05. The molecule has 8 nitrogen and oxygen atoms in total. The van der Waals surface area contributed by atoms with Crippen molar-refractivity contribution in [2.45, 2.75) is 26.7 Å². The first-order valence-electron chi connectivity index (χ1n) is 8.65. The maximum atomic E-state index is 11.9. The van der Waals surface area contributed by atoms with Crippen molar-refractivity contribution in [3.05, 3.63) is 29.3 Å². The summed E-state index contributed by atoms with van der Waals surface area (Å²) >= 11 is 0. The average molecular weight is 396 g/mol. The minimum Gasteiger partial charge on any atom is -0.456 e. The van der Waals surface area contributed by atoms with Gasteiger partial charge in [0, 0.05) is 12.1 Å². The van der Waals surface area contributed by atoms with Gasteiger partial charge in [0.15, 0.2) is 16.4 Å². The number of nitrogens with one attached hydrogen (secondary N) is 2. The molecule has 0 radical (unpaired) electrons. The molecule has 0 unspecified atom stereocenters. The van der Waals surface area contributed by atoms with Crippen LogP contribution in [-0.4, -0.2) is 50.9 Å². The van der Waals surface area contributed by atoms with Gasteiger partial charge in [-0.25, -0.2) is 8.42 Å². The molecule has 1 aromatic carbocycles. The van der Waals surface area contributed by atoms with Gasteiger partial charge in [0.25, 0.3) is 5.91 Å². The van der Waals surface area contributed by atoms with Gasteiger partial charge in [-0.2, -0.15) is 0 Å². The molecule has 0 saturated carbocycles. The van der Waals surface area contributed by atoms with E-state index < -0.39 is 28.3 Å². The molecule has 1 saturated heterocycles. The number of hydrogen-bond acceptors (Lipinski definition) is 6. The largest absolute Gasteiger partial charge is 0.456 e. The lowest BCUT2D eigenvalue weighted by molar-refractivity contribution is -0.149. The molecule has 0 spiro atoms. The highest BCUT2D eigenvalue weighted by Crippen LogP contribution is 2.21. The average Bonchev–Trinajstić information content (AvgIpc) is 2.93. The monoisotopic (exact) mass is 396 g/mol. The van der Waals surface area contributed by atoms with Gasteiger partial charge in [-0.15, -0.1) is 0 Å². The molecule has 148 valence electrons. The SMILES string of the molecule is Cc1cccc(NC(=O)CNC(=O)COC(=O)C[C@H]2CCS(=O)(=O)C2)c1C. The Hall–Kier alpha value is -2.42. The molecule has 1 aromatic rings. The van der Waals surface area contributed by atoms with Gasteiger partial charge in [0.1, 0.15) is 0 Å². The van der Waals surface area contributed by atoms with Crippen molar-refractivity contribution in [3.8, 4) is 0 Å². The quantitative estimate of drug-likeness (QED) is 0.656. The first kappa shape index (κ1) is 20.9. The molecule has 0 bridgehead atoms. The summed E-state index contributed by atoms with van der Waals surface area (Å²) in [5.74, 6) is -1.80. The lowest BCUT2D eigenvalue weighted by atomic mass is 10.1. The van der Waals surface area contributed by atoms with E-state index in [2.05, 4.69) is 10.6 Å². The standard InChI is InChI=1S/C18H24N2O6S/c1-12-4-3-5-15(13(12)2)20-16(21)9-19-17(22)10-26-18(23)8-14-6-7-27(24,25)11-14/h3-5,14H,6-11H2,1-2H3,(H,19,22)(H,20,21)/t14-/m1/s1. The number of hydrogen-bond donors (Lipinski definition) is 2. The number of anilines is 1. The maximum absolute atomic E-state index is 11.9. The van der Waals surface area contributed by atoms with E-state index in [9.17, 15) is 22.8 Å². The molecule has 1 aliphatic rings. The van der Waals surface area contributed by atoms with Crippen LogP contribution >= 0.6 is 0 Å². The van der Waals surface area contributed by atoms with E-state index in [1.807, 2.05) is 26.0 Å². The summed E-state index contributed by atoms with van der Waals surface area (Å²) in [5, 5.41) is 5.08. The minimum absolute atomic E-state index is 0.0210. The van der Waals surface area contributed by atoms with Gasteiger partial charge >= 0.3 is 5.97 Å². The molecular weight excluding hydrogens is 372 g/mol. The topological polar surface area (TPSA) is 119 Å². The van der Waals surface area contributed by atoms with E-state index in [0.29, 0.717) is 12.1 Å². The molecule has 2 amide bonds. The second kappa shape index (κ2) is 8.98. The van der Waals surface area contributed by atoms with E-state index in [4.69, 9.17) is 4.74 Å². The number of benzene rings is 1. The molecule has 1 atom stereocenters. The number of aryl methyl sites for hydroxylation is 1. The summed E-state index contributed by atoms with van der Waals surface area (Å²) in [6, 6.07) is 5.53. The zero-order valence-electron chi connectivity index (χ0n) is 15.4. The van der Waals surface area contributed by atoms with Crippen molar-refractivity contribution in [3.63, 3.8) is 0 Å². The van der Waals surface area contributed by atoms with Gasteiger partial charge < -0.3 is 15.4 Å². The van der Waals surface area contributed by atoms with Crippen molar-refractivity contribution in [1.29, 1.82) is 0 Å². The zero-order valence-corrected chi connectivity index (χ0v) is 16.2. The molecule has 27 heavy (non-hydrogen) atoms. The fourth-order valence-corrected chi connectivity index (χ4v) is 4.65. The van der Waals surface area contributed by atoms with Crippen LogP contribution in [0.1, 0.15) is 24.0 Å². The Morgan fingerprint density at radius 3 is 2.59 bits per heavy atom. The van der Waals surface area contributed by atoms with Crippen LogP contribution in [0.4, 0.5) is 5.69 Å². The number of carbonyl (C=O) groups excluding carboxylic acids is 3. The molecular formula is C18H24N2O6S. The predicted molar refractivity (Wildman–Crippen MR) is 99.9 cm³/mol. The third-order valence-corrected chi connectivity index (χ3v) is 6.31. The summed E-state index contributed by atoms with van der Waals surface area (Å²) in [7, 11) is -3.05. The second-order valence-corrected chi connectivity index (χ2v) is 8.93. The molecule has 1 aliphatic heterocycles. The maximum Gasteiger partial charge on any atom is 0.306 e. The molecule has 1 fully saturated rings. The zero-order chi connectivity index (χ0) is 20.0. The van der Waals surface area contributed by atoms with E-state index in [1.165, 1.54) is 0 Å². The molecule has 2 rings (SSSR count). The highest BCUT2D eigenvalue weighted by atomic mass is 32.2. The summed E-state index contributed by atoms with van der Waals surface area (Å²) in [4.78, 5) is 35.3. The smallest absolute Gasteiger partial charge is 0.306 e. The van der Waals surface area contributed by atoms with Crippen LogP contribution in [0.15, 0.2) is 18.2 Å². The Balaban J connectivity index is 1.67. The summed E-state index contributed by atoms with van der Waals surface area (Å²) in [6.07, 6.45) is 0.405. The van der Waals surface area contributed by atoms with Crippen LogP contribution in [0.5, 0.6) is 0 Å². The fourth-order valence-electron chi connectivity index (χ4n) is 2.78. The fraction of sp³-hybridized carbons (Fsp3) is 0.500. The van der Waals surface area contributed by atoms with Gasteiger partial charge in [0.2, 0.25) is 5.91 Å². The Morgan fingerprint density at radius 1 is 1.19 bits per heavy atom. The van der Waals surface area contributed by atoms with Crippen molar-refractivity contribution in [1.82, 2.24) is 5.32 Å². The highest BCUT2D eigenvalue weighted by molar-refractivity contribution is 7.91. The lowest BCUT2D eigenvalue weighted by Gasteiger charge is -2.11. The molecule has 0 aromatic heterocycles. The normalized spacial score (nSPS) is 17.9. The van der Waals surface area contributed by atoms with E-state index in [0.717, 1.165) is 11.1 Å². The second-order valence-electron chi connectivity index (χ2n) is 6.71. The Kier molecular flexibility index (Phi) is 6.95. The Labute approximate surface area is 158 Å². The number of carbonyl (C=O) groups is 3. The van der Waals surface area contributed by atoms with Crippen molar-refractivity contribution < 1.29 is 27.5 Å². The van der Waals surface area contributed by atoms with Crippen LogP contribution in [0, 0.1) is 19.8 Å². The molecule has 2 N–H and O–H groups in total. The van der Waals surface area contributed by atoms with Crippen molar-refractivity contribution in [2.75, 3.05) is 30.0 Å². The molecule has 1 heterocycles. The first-order valence-corrected chi connectivity index (χ1v) is 10.5. The van der Waals surface area contributed by atoms with Crippen LogP contribution in [0.3, 0.4) is 0 Å². The number of amides is 2. The molecule has 0 aliphatic carbocycles. The highest BCUT2D eigenvalue weighted by Gasteiger charge is 2.30. The summed E-state index contributed by atoms with van der Waals surface area (Å²) < 4.78 is 27.5. The first-order chi connectivity index (χ1) is 12.7. The molecule has 9 heteroatoms. The van der Waals surface area contributed by atoms with E-state index in [-0.39, 0.29) is 36.3 Å². The van der Waals surface area contributed by atoms with Gasteiger partial charge in [-0.1, -0.05) is 12.1 Å². The van der Waals surface area contributed by atoms with Gasteiger partial charge in [0.05, 0.1) is 18.1 Å². The third-order valence-electron chi connectivity index (χ3n) is 4.47. The summed E-state index contributed by atoms with van der Waals surface area (Å²) in [6.45, 7) is 3.07. The van der Waals surface area contributed by atoms with Gasteiger partial charge in [-0.05, 0) is 43.4 Å². The van der Waals surface area contributed by atoms with Crippen LogP contribution in [-0.2, 0) is 29.0 Å². The van der Waals surface area contributed by atoms with Crippen LogP contribution in [0.2, 0.25) is 0 Å². The van der Waals surface area contributed by atoms with Crippen LogP contribution < -0.4 is 10.6 Å². The lowest BCUT2D eigenvalue weighted by Crippen LogP contribution is -2.35. The third kappa shape index (κ3) is 6.67. The number of ether oxygens (including phenoxy) is 1. The number of esters is 1. The van der Waals surface area contributed by atoms with E-state index in [1.54, 1.807) is 6.07 Å². The van der Waals surface area contributed by atoms with Crippen molar-refractivity contribution >= 4 is 33.3 Å². The predicted octanol–water partition coefficient (Wildman–Crippen LogP) is 0.726. The number of rotatable bonds is 7. The Morgan fingerprint density at radius 2 is 1.93 bits per heavy atom. The summed E-state index contributed by atoms with van der Waals surface area (Å²) in [5.41, 5.74) is 2.66.